The molecule has 0 unspecified atom stereocenters. The summed E-state index contributed by atoms with van der Waals surface area (Å²) in [5, 5.41) is 0. The third-order valence-electron chi connectivity index (χ3n) is 6.00. The minimum absolute atomic E-state index is 0.00836. The Morgan fingerprint density at radius 1 is 0.871 bits per heavy atom. The Labute approximate surface area is 183 Å². The Balaban J connectivity index is 1.70. The number of hydrogen-bond acceptors (Lipinski definition) is 5. The molecule has 0 atom stereocenters. The van der Waals surface area contributed by atoms with Crippen LogP contribution in [0.5, 0.6) is 0 Å². The van der Waals surface area contributed by atoms with E-state index in [9.17, 15) is 21.2 Å². The lowest BCUT2D eigenvalue weighted by atomic mass is 9.94. The first kappa shape index (κ1) is 22.0. The summed E-state index contributed by atoms with van der Waals surface area (Å²) < 4.78 is 67.8. The van der Waals surface area contributed by atoms with E-state index in [-0.39, 0.29) is 22.5 Å². The van der Waals surface area contributed by atoms with Crippen LogP contribution in [-0.2, 0) is 20.0 Å². The van der Waals surface area contributed by atoms with Crippen LogP contribution in [-0.4, -0.2) is 47.9 Å². The number of halogens is 1. The van der Waals surface area contributed by atoms with Crippen LogP contribution in [0.1, 0.15) is 32.1 Å². The van der Waals surface area contributed by atoms with Gasteiger partial charge in [-0.3, -0.25) is 0 Å². The van der Waals surface area contributed by atoms with Crippen LogP contribution in [0.3, 0.4) is 0 Å². The van der Waals surface area contributed by atoms with E-state index < -0.39 is 25.9 Å². The minimum atomic E-state index is -3.96. The molecule has 0 saturated heterocycles. The summed E-state index contributed by atoms with van der Waals surface area (Å²) in [5.74, 6) is -0.406. The fourth-order valence-corrected chi connectivity index (χ4v) is 6.59. The lowest BCUT2D eigenvalue weighted by Gasteiger charge is -2.33. The average Bonchev–Trinajstić information content (AvgIpc) is 3.13. The quantitative estimate of drug-likeness (QED) is 0.674. The van der Waals surface area contributed by atoms with Crippen LogP contribution in [0.2, 0.25) is 0 Å². The van der Waals surface area contributed by atoms with Gasteiger partial charge in [-0.25, -0.2) is 29.8 Å². The molecule has 7 nitrogen and oxygen atoms in total. The van der Waals surface area contributed by atoms with Crippen molar-refractivity contribution in [2.45, 2.75) is 47.9 Å². The summed E-state index contributed by atoms with van der Waals surface area (Å²) in [6, 6.07) is 9.52. The van der Waals surface area contributed by atoms with E-state index >= 15 is 0 Å². The maximum Gasteiger partial charge on any atom is 0.265 e. The molecule has 31 heavy (non-hydrogen) atoms. The highest BCUT2D eigenvalue weighted by atomic mass is 32.2. The Kier molecular flexibility index (Phi) is 5.74. The lowest BCUT2D eigenvalue weighted by Crippen LogP contribution is -2.41. The molecule has 10 heteroatoms. The van der Waals surface area contributed by atoms with Gasteiger partial charge in [0.1, 0.15) is 12.5 Å². The number of benzene rings is 2. The van der Waals surface area contributed by atoms with Crippen LogP contribution in [0.4, 0.5) is 15.8 Å². The van der Waals surface area contributed by atoms with Gasteiger partial charge in [0.15, 0.2) is 0 Å². The zero-order valence-electron chi connectivity index (χ0n) is 17.5. The minimum Gasteiger partial charge on any atom is -0.348 e. The first-order chi connectivity index (χ1) is 14.6. The van der Waals surface area contributed by atoms with Crippen molar-refractivity contribution in [3.63, 3.8) is 0 Å². The predicted molar refractivity (Wildman–Crippen MR) is 118 cm³/mol. The summed E-state index contributed by atoms with van der Waals surface area (Å²) in [5.41, 5.74) is 1.03. The fraction of sp³-hybridized carbons (Fsp3) is 0.429. The van der Waals surface area contributed by atoms with Crippen molar-refractivity contribution in [1.29, 1.82) is 0 Å². The normalized spacial score (nSPS) is 17.9. The van der Waals surface area contributed by atoms with Crippen LogP contribution in [0, 0.1) is 5.82 Å². The largest absolute Gasteiger partial charge is 0.348 e. The Hall–Kier alpha value is -2.17. The molecule has 0 bridgehead atoms. The van der Waals surface area contributed by atoms with Crippen molar-refractivity contribution in [3.8, 4) is 0 Å². The zero-order valence-corrected chi connectivity index (χ0v) is 19.2. The van der Waals surface area contributed by atoms with E-state index in [4.69, 9.17) is 0 Å². The first-order valence-electron chi connectivity index (χ1n) is 10.2. The molecule has 1 aliphatic carbocycles. The van der Waals surface area contributed by atoms with E-state index in [1.54, 1.807) is 0 Å². The second-order valence-corrected chi connectivity index (χ2v) is 12.2. The highest BCUT2D eigenvalue weighted by molar-refractivity contribution is 7.93. The molecule has 0 spiro atoms. The molecule has 0 N–H and O–H groups in total. The maximum atomic E-state index is 14.0. The molecule has 4 rings (SSSR count). The maximum absolute atomic E-state index is 14.0. The van der Waals surface area contributed by atoms with Crippen molar-refractivity contribution in [3.05, 3.63) is 48.3 Å². The number of hydrogen-bond donors (Lipinski definition) is 0. The highest BCUT2D eigenvalue weighted by Crippen LogP contribution is 2.42. The number of rotatable bonds is 5. The Morgan fingerprint density at radius 3 is 2.10 bits per heavy atom. The van der Waals surface area contributed by atoms with Gasteiger partial charge in [0.2, 0.25) is 10.0 Å². The topological polar surface area (TPSA) is 78.0 Å². The summed E-state index contributed by atoms with van der Waals surface area (Å²) in [7, 11) is -4.78. The van der Waals surface area contributed by atoms with Crippen LogP contribution in [0.15, 0.2) is 52.3 Å². The molecule has 0 aromatic heterocycles. The average molecular weight is 468 g/mol. The number of nitrogens with zero attached hydrogens (tertiary/aromatic N) is 3. The summed E-state index contributed by atoms with van der Waals surface area (Å²) >= 11 is 0. The number of anilines is 2. The van der Waals surface area contributed by atoms with Gasteiger partial charge >= 0.3 is 0 Å². The van der Waals surface area contributed by atoms with Gasteiger partial charge in [0, 0.05) is 20.1 Å². The summed E-state index contributed by atoms with van der Waals surface area (Å²) in [4.78, 5) is 2.00. The summed E-state index contributed by atoms with van der Waals surface area (Å²) in [6.07, 6.45) is 5.19. The first-order valence-corrected chi connectivity index (χ1v) is 13.1. The molecule has 1 heterocycles. The third-order valence-corrected chi connectivity index (χ3v) is 9.59. The Morgan fingerprint density at radius 2 is 1.48 bits per heavy atom. The smallest absolute Gasteiger partial charge is 0.265 e. The van der Waals surface area contributed by atoms with E-state index in [0.717, 1.165) is 36.4 Å². The molecule has 168 valence electrons. The Bertz CT molecular complexity index is 1180. The molecule has 2 aromatic carbocycles. The van der Waals surface area contributed by atoms with Crippen molar-refractivity contribution >= 4 is 31.4 Å². The molecule has 1 saturated carbocycles. The lowest BCUT2D eigenvalue weighted by molar-refractivity contribution is 0.420. The number of sulfonamides is 2. The van der Waals surface area contributed by atoms with E-state index in [1.807, 2.05) is 4.90 Å². The molecule has 2 aliphatic rings. The standard InChI is InChI=1S/C21H26FN3O4S2/c1-23(2)30(26,27)18-9-11-19(12-10-18)31(28,29)25-15-24(17-6-4-3-5-7-17)21-14-16(22)8-13-20(21)25/h8-14,17H,3-7,15H2,1-2H3. The predicted octanol–water partition coefficient (Wildman–Crippen LogP) is 3.38. The SMILES string of the molecule is CN(C)S(=O)(=O)c1ccc(S(=O)(=O)N2CN(C3CCCCC3)c3cc(F)ccc32)cc1. The molecule has 0 amide bonds. The fourth-order valence-electron chi connectivity index (χ4n) is 4.26. The molecule has 1 fully saturated rings. The molecule has 2 aromatic rings. The third kappa shape index (κ3) is 3.92. The monoisotopic (exact) mass is 467 g/mol. The molecular formula is C21H26FN3O4S2. The highest BCUT2D eigenvalue weighted by Gasteiger charge is 2.38. The number of fused-ring (bicyclic) bond motifs is 1. The van der Waals surface area contributed by atoms with Crippen molar-refractivity contribution in [2.24, 2.45) is 0 Å². The van der Waals surface area contributed by atoms with Gasteiger partial charge in [-0.05, 0) is 55.3 Å². The van der Waals surface area contributed by atoms with Gasteiger partial charge < -0.3 is 4.90 Å². The second-order valence-electron chi connectivity index (χ2n) is 8.15. The van der Waals surface area contributed by atoms with Crippen molar-refractivity contribution < 1.29 is 21.2 Å². The van der Waals surface area contributed by atoms with E-state index in [1.165, 1.54) is 60.9 Å². The van der Waals surface area contributed by atoms with Crippen molar-refractivity contribution in [2.75, 3.05) is 30.0 Å². The molecule has 0 radical (unpaired) electrons. The van der Waals surface area contributed by atoms with Crippen LogP contribution >= 0.6 is 0 Å². The van der Waals surface area contributed by atoms with Gasteiger partial charge in [0.05, 0.1) is 21.2 Å². The molecule has 1 aliphatic heterocycles. The summed E-state index contributed by atoms with van der Waals surface area (Å²) in [6.45, 7) is 0.115. The van der Waals surface area contributed by atoms with Gasteiger partial charge in [0.25, 0.3) is 10.0 Å². The van der Waals surface area contributed by atoms with E-state index in [0.29, 0.717) is 11.4 Å². The van der Waals surface area contributed by atoms with Gasteiger partial charge in [-0.2, -0.15) is 0 Å². The zero-order chi connectivity index (χ0) is 22.4. The molecular weight excluding hydrogens is 441 g/mol. The van der Waals surface area contributed by atoms with Gasteiger partial charge in [-0.1, -0.05) is 19.3 Å². The second kappa shape index (κ2) is 8.07. The van der Waals surface area contributed by atoms with E-state index in [2.05, 4.69) is 0 Å². The van der Waals surface area contributed by atoms with Crippen LogP contribution < -0.4 is 9.21 Å². The van der Waals surface area contributed by atoms with Gasteiger partial charge in [-0.15, -0.1) is 0 Å². The van der Waals surface area contributed by atoms with Crippen molar-refractivity contribution in [1.82, 2.24) is 4.31 Å². The van der Waals surface area contributed by atoms with Crippen LogP contribution in [0.25, 0.3) is 0 Å².